The van der Waals surface area contributed by atoms with E-state index in [1.807, 2.05) is 38.6 Å². The SMILES string of the molecule is CN(Cc1ccc(F)cc1)Cc1cnn(C)c1. The molecule has 0 saturated carbocycles. The Labute approximate surface area is 100 Å². The van der Waals surface area contributed by atoms with Gasteiger partial charge < -0.3 is 0 Å². The molecular formula is C13H16FN3. The number of halogens is 1. The van der Waals surface area contributed by atoms with E-state index in [1.54, 1.807) is 4.68 Å². The van der Waals surface area contributed by atoms with Gasteiger partial charge in [0.25, 0.3) is 0 Å². The summed E-state index contributed by atoms with van der Waals surface area (Å²) in [5.41, 5.74) is 2.29. The molecule has 17 heavy (non-hydrogen) atoms. The molecule has 0 amide bonds. The lowest BCUT2D eigenvalue weighted by molar-refractivity contribution is 0.319. The van der Waals surface area contributed by atoms with Crippen LogP contribution in [0.1, 0.15) is 11.1 Å². The van der Waals surface area contributed by atoms with Gasteiger partial charge in [-0.15, -0.1) is 0 Å². The summed E-state index contributed by atoms with van der Waals surface area (Å²) in [4.78, 5) is 2.17. The molecule has 0 saturated heterocycles. The van der Waals surface area contributed by atoms with Crippen LogP contribution in [-0.2, 0) is 20.1 Å². The Kier molecular flexibility index (Phi) is 3.54. The van der Waals surface area contributed by atoms with Crippen LogP contribution in [0.5, 0.6) is 0 Å². The fraction of sp³-hybridized carbons (Fsp3) is 0.308. The van der Waals surface area contributed by atoms with E-state index in [9.17, 15) is 4.39 Å². The quantitative estimate of drug-likeness (QED) is 0.807. The first-order valence-corrected chi connectivity index (χ1v) is 5.54. The number of hydrogen-bond acceptors (Lipinski definition) is 2. The maximum Gasteiger partial charge on any atom is 0.123 e. The van der Waals surface area contributed by atoms with Gasteiger partial charge in [-0.05, 0) is 24.7 Å². The van der Waals surface area contributed by atoms with Gasteiger partial charge in [-0.3, -0.25) is 9.58 Å². The molecule has 0 aliphatic carbocycles. The van der Waals surface area contributed by atoms with Crippen LogP contribution in [0.25, 0.3) is 0 Å². The molecule has 2 aromatic rings. The summed E-state index contributed by atoms with van der Waals surface area (Å²) in [5.74, 6) is -0.191. The van der Waals surface area contributed by atoms with Crippen molar-refractivity contribution >= 4 is 0 Å². The van der Waals surface area contributed by atoms with Gasteiger partial charge in [-0.1, -0.05) is 12.1 Å². The molecule has 1 aromatic carbocycles. The number of benzene rings is 1. The van der Waals surface area contributed by atoms with Crippen molar-refractivity contribution in [2.45, 2.75) is 13.1 Å². The molecular weight excluding hydrogens is 217 g/mol. The van der Waals surface area contributed by atoms with E-state index < -0.39 is 0 Å². The lowest BCUT2D eigenvalue weighted by atomic mass is 10.2. The maximum atomic E-state index is 12.7. The number of nitrogens with zero attached hydrogens (tertiary/aromatic N) is 3. The Morgan fingerprint density at radius 3 is 2.41 bits per heavy atom. The largest absolute Gasteiger partial charge is 0.298 e. The highest BCUT2D eigenvalue weighted by molar-refractivity contribution is 5.16. The van der Waals surface area contributed by atoms with Crippen LogP contribution in [-0.4, -0.2) is 21.7 Å². The zero-order valence-electron chi connectivity index (χ0n) is 10.1. The minimum Gasteiger partial charge on any atom is -0.298 e. The predicted molar refractivity (Wildman–Crippen MR) is 64.8 cm³/mol. The second kappa shape index (κ2) is 5.10. The number of rotatable bonds is 4. The highest BCUT2D eigenvalue weighted by atomic mass is 19.1. The molecule has 2 rings (SSSR count). The molecule has 0 spiro atoms. The summed E-state index contributed by atoms with van der Waals surface area (Å²) in [6.07, 6.45) is 3.86. The topological polar surface area (TPSA) is 21.1 Å². The van der Waals surface area contributed by atoms with Crippen molar-refractivity contribution in [3.63, 3.8) is 0 Å². The fourth-order valence-corrected chi connectivity index (χ4v) is 1.82. The van der Waals surface area contributed by atoms with Crippen LogP contribution in [0.3, 0.4) is 0 Å². The van der Waals surface area contributed by atoms with Crippen molar-refractivity contribution in [1.29, 1.82) is 0 Å². The molecule has 4 heteroatoms. The first-order valence-electron chi connectivity index (χ1n) is 5.54. The third-order valence-corrected chi connectivity index (χ3v) is 2.58. The first kappa shape index (κ1) is 11.8. The predicted octanol–water partition coefficient (Wildman–Crippen LogP) is 2.19. The van der Waals surface area contributed by atoms with Crippen LogP contribution in [0, 0.1) is 5.82 Å². The average Bonchev–Trinajstić information content (AvgIpc) is 2.67. The lowest BCUT2D eigenvalue weighted by Gasteiger charge is -2.15. The molecule has 0 fully saturated rings. The highest BCUT2D eigenvalue weighted by Gasteiger charge is 2.03. The van der Waals surface area contributed by atoms with E-state index in [1.165, 1.54) is 17.7 Å². The Morgan fingerprint density at radius 1 is 1.18 bits per heavy atom. The fourth-order valence-electron chi connectivity index (χ4n) is 1.82. The second-order valence-corrected chi connectivity index (χ2v) is 4.32. The molecule has 0 bridgehead atoms. The van der Waals surface area contributed by atoms with Crippen molar-refractivity contribution < 1.29 is 4.39 Å². The standard InChI is InChI=1S/C13H16FN3/c1-16(9-12-7-15-17(2)10-12)8-11-3-5-13(14)6-4-11/h3-7,10H,8-9H2,1-2H3. The lowest BCUT2D eigenvalue weighted by Crippen LogP contribution is -2.16. The third kappa shape index (κ3) is 3.39. The Balaban J connectivity index is 1.93. The molecule has 0 unspecified atom stereocenters. The van der Waals surface area contributed by atoms with Gasteiger partial charge in [-0.2, -0.15) is 5.10 Å². The van der Waals surface area contributed by atoms with Crippen molar-refractivity contribution in [2.75, 3.05) is 7.05 Å². The molecule has 0 atom stereocenters. The molecule has 0 aliphatic rings. The summed E-state index contributed by atoms with van der Waals surface area (Å²) in [7, 11) is 3.94. The maximum absolute atomic E-state index is 12.7. The van der Waals surface area contributed by atoms with Crippen molar-refractivity contribution in [3.8, 4) is 0 Å². The zero-order valence-corrected chi connectivity index (χ0v) is 10.1. The Bertz CT molecular complexity index is 476. The Morgan fingerprint density at radius 2 is 1.82 bits per heavy atom. The summed E-state index contributed by atoms with van der Waals surface area (Å²) in [6, 6.07) is 6.62. The molecule has 0 N–H and O–H groups in total. The first-order chi connectivity index (χ1) is 8.13. The Hall–Kier alpha value is -1.68. The summed E-state index contributed by atoms with van der Waals surface area (Å²) < 4.78 is 14.5. The van der Waals surface area contributed by atoms with Gasteiger partial charge in [-0.25, -0.2) is 4.39 Å². The van der Waals surface area contributed by atoms with E-state index in [0.717, 1.165) is 18.7 Å². The molecule has 0 aliphatic heterocycles. The van der Waals surface area contributed by atoms with E-state index >= 15 is 0 Å². The number of aryl methyl sites for hydroxylation is 1. The number of hydrogen-bond donors (Lipinski definition) is 0. The van der Waals surface area contributed by atoms with E-state index in [4.69, 9.17) is 0 Å². The molecule has 1 heterocycles. The third-order valence-electron chi connectivity index (χ3n) is 2.58. The van der Waals surface area contributed by atoms with Crippen molar-refractivity contribution in [1.82, 2.24) is 14.7 Å². The minimum atomic E-state index is -0.191. The van der Waals surface area contributed by atoms with Crippen LogP contribution in [0.15, 0.2) is 36.7 Å². The van der Waals surface area contributed by atoms with Crippen LogP contribution >= 0.6 is 0 Å². The highest BCUT2D eigenvalue weighted by Crippen LogP contribution is 2.08. The van der Waals surface area contributed by atoms with Gasteiger partial charge in [0.1, 0.15) is 5.82 Å². The van der Waals surface area contributed by atoms with Crippen LogP contribution in [0.4, 0.5) is 4.39 Å². The van der Waals surface area contributed by atoms with E-state index in [2.05, 4.69) is 10.00 Å². The summed E-state index contributed by atoms with van der Waals surface area (Å²) in [6.45, 7) is 1.64. The molecule has 1 aromatic heterocycles. The molecule has 0 radical (unpaired) electrons. The zero-order chi connectivity index (χ0) is 12.3. The van der Waals surface area contributed by atoms with Gasteiger partial charge in [0.15, 0.2) is 0 Å². The van der Waals surface area contributed by atoms with Crippen LogP contribution in [0.2, 0.25) is 0 Å². The summed E-state index contributed by atoms with van der Waals surface area (Å²) in [5, 5.41) is 4.13. The van der Waals surface area contributed by atoms with E-state index in [-0.39, 0.29) is 5.82 Å². The molecule has 90 valence electrons. The second-order valence-electron chi connectivity index (χ2n) is 4.32. The monoisotopic (exact) mass is 233 g/mol. The van der Waals surface area contributed by atoms with Gasteiger partial charge in [0.2, 0.25) is 0 Å². The average molecular weight is 233 g/mol. The van der Waals surface area contributed by atoms with Crippen molar-refractivity contribution in [2.24, 2.45) is 7.05 Å². The van der Waals surface area contributed by atoms with E-state index in [0.29, 0.717) is 0 Å². The number of aromatic nitrogens is 2. The molecule has 3 nitrogen and oxygen atoms in total. The van der Waals surface area contributed by atoms with Crippen molar-refractivity contribution in [3.05, 3.63) is 53.6 Å². The van der Waals surface area contributed by atoms with Gasteiger partial charge >= 0.3 is 0 Å². The van der Waals surface area contributed by atoms with Gasteiger partial charge in [0.05, 0.1) is 6.20 Å². The smallest absolute Gasteiger partial charge is 0.123 e. The van der Waals surface area contributed by atoms with Gasteiger partial charge in [0, 0.05) is 31.9 Å². The summed E-state index contributed by atoms with van der Waals surface area (Å²) >= 11 is 0. The normalized spacial score (nSPS) is 11.1. The minimum absolute atomic E-state index is 0.191. The van der Waals surface area contributed by atoms with Crippen LogP contribution < -0.4 is 0 Å².